The van der Waals surface area contributed by atoms with Crippen molar-refractivity contribution in [2.75, 3.05) is 17.8 Å². The Bertz CT molecular complexity index is 1070. The van der Waals surface area contributed by atoms with Crippen LogP contribution in [-0.2, 0) is 0 Å². The molecule has 30 heavy (non-hydrogen) atoms. The van der Waals surface area contributed by atoms with Crippen LogP contribution in [0.1, 0.15) is 10.5 Å². The van der Waals surface area contributed by atoms with E-state index in [0.29, 0.717) is 5.02 Å². The Balaban J connectivity index is 1.60. The number of hydrogen-bond acceptors (Lipinski definition) is 7. The number of benzene rings is 1. The number of hydrazine groups is 1. The maximum atomic E-state index is 14.4. The number of urea groups is 1. The first-order valence-corrected chi connectivity index (χ1v) is 8.78. The standard InChI is InChI=1S/C18H15ClFN7O3/c1-21-16(28)14-7-12(4-5-22-14)30-15-3-2-11(6-13(15)20)25-18(29)27-26-17-23-8-10(19)9-24-17/h2-9H,1H3,(H,21,28)(H,23,24,26)(H2,25,27,29). The van der Waals surface area contributed by atoms with Crippen LogP contribution in [0.5, 0.6) is 11.5 Å². The monoisotopic (exact) mass is 431 g/mol. The largest absolute Gasteiger partial charge is 0.454 e. The molecule has 10 nitrogen and oxygen atoms in total. The van der Waals surface area contributed by atoms with Gasteiger partial charge >= 0.3 is 6.03 Å². The summed E-state index contributed by atoms with van der Waals surface area (Å²) in [4.78, 5) is 35.1. The first kappa shape index (κ1) is 20.7. The Labute approximate surface area is 174 Å². The fourth-order valence-corrected chi connectivity index (χ4v) is 2.26. The van der Waals surface area contributed by atoms with E-state index >= 15 is 0 Å². The quantitative estimate of drug-likeness (QED) is 0.441. The summed E-state index contributed by atoms with van der Waals surface area (Å²) in [5, 5.41) is 5.22. The summed E-state index contributed by atoms with van der Waals surface area (Å²) in [5.41, 5.74) is 5.07. The van der Waals surface area contributed by atoms with Crippen molar-refractivity contribution in [1.29, 1.82) is 0 Å². The lowest BCUT2D eigenvalue weighted by Gasteiger charge is -2.11. The Hall–Kier alpha value is -3.99. The minimum atomic E-state index is -0.722. The topological polar surface area (TPSA) is 130 Å². The number of halogens is 2. The van der Waals surface area contributed by atoms with E-state index in [9.17, 15) is 14.0 Å². The molecule has 2 aromatic heterocycles. The van der Waals surface area contributed by atoms with Gasteiger partial charge in [0, 0.05) is 31.1 Å². The van der Waals surface area contributed by atoms with Gasteiger partial charge in [-0.05, 0) is 18.2 Å². The third-order valence-electron chi connectivity index (χ3n) is 3.52. The molecule has 154 valence electrons. The molecule has 2 heterocycles. The molecule has 3 rings (SSSR count). The van der Waals surface area contributed by atoms with Crippen LogP contribution in [0.4, 0.5) is 20.8 Å². The van der Waals surface area contributed by atoms with Gasteiger partial charge in [-0.25, -0.2) is 24.6 Å². The van der Waals surface area contributed by atoms with Crippen molar-refractivity contribution in [2.24, 2.45) is 0 Å². The highest BCUT2D eigenvalue weighted by atomic mass is 35.5. The highest BCUT2D eigenvalue weighted by Gasteiger charge is 2.11. The number of carbonyl (C=O) groups excluding carboxylic acids is 2. The van der Waals surface area contributed by atoms with Gasteiger partial charge < -0.3 is 15.4 Å². The number of ether oxygens (including phenoxy) is 1. The van der Waals surface area contributed by atoms with E-state index in [4.69, 9.17) is 16.3 Å². The average Bonchev–Trinajstić information content (AvgIpc) is 2.75. The molecule has 3 aromatic rings. The van der Waals surface area contributed by atoms with E-state index in [2.05, 4.69) is 36.4 Å². The molecule has 0 saturated heterocycles. The molecule has 0 fully saturated rings. The van der Waals surface area contributed by atoms with Gasteiger partial charge in [0.1, 0.15) is 11.4 Å². The van der Waals surface area contributed by atoms with Crippen LogP contribution in [0.25, 0.3) is 0 Å². The summed E-state index contributed by atoms with van der Waals surface area (Å²) in [6.07, 6.45) is 4.07. The first-order chi connectivity index (χ1) is 14.4. The van der Waals surface area contributed by atoms with Crippen molar-refractivity contribution in [3.8, 4) is 11.5 Å². The number of carbonyl (C=O) groups is 2. The molecule has 1 aromatic carbocycles. The number of pyridine rings is 1. The van der Waals surface area contributed by atoms with Crippen LogP contribution >= 0.6 is 11.6 Å². The second kappa shape index (κ2) is 9.47. The van der Waals surface area contributed by atoms with E-state index in [0.717, 1.165) is 6.07 Å². The molecule has 0 aliphatic heterocycles. The van der Waals surface area contributed by atoms with E-state index in [1.807, 2.05) is 0 Å². The highest BCUT2D eigenvalue weighted by Crippen LogP contribution is 2.26. The normalized spacial score (nSPS) is 10.1. The van der Waals surface area contributed by atoms with E-state index in [1.165, 1.54) is 49.9 Å². The predicted molar refractivity (Wildman–Crippen MR) is 107 cm³/mol. The number of aromatic nitrogens is 3. The molecule has 0 saturated carbocycles. The van der Waals surface area contributed by atoms with Crippen molar-refractivity contribution in [2.45, 2.75) is 0 Å². The van der Waals surface area contributed by atoms with Crippen molar-refractivity contribution >= 4 is 35.2 Å². The number of anilines is 2. The summed E-state index contributed by atoms with van der Waals surface area (Å²) in [6, 6.07) is 6.04. The summed E-state index contributed by atoms with van der Waals surface area (Å²) in [7, 11) is 1.47. The molecule has 0 atom stereocenters. The average molecular weight is 432 g/mol. The second-order valence-electron chi connectivity index (χ2n) is 5.63. The van der Waals surface area contributed by atoms with Gasteiger partial charge in [0.25, 0.3) is 5.91 Å². The molecule has 0 aliphatic rings. The Kier molecular flexibility index (Phi) is 6.55. The summed E-state index contributed by atoms with van der Waals surface area (Å²) >= 11 is 5.67. The lowest BCUT2D eigenvalue weighted by Crippen LogP contribution is -2.34. The van der Waals surface area contributed by atoms with Crippen LogP contribution in [-0.4, -0.2) is 33.9 Å². The molecule has 0 bridgehead atoms. The van der Waals surface area contributed by atoms with Crippen LogP contribution in [0.2, 0.25) is 5.02 Å². The summed E-state index contributed by atoms with van der Waals surface area (Å²) in [6.45, 7) is 0. The smallest absolute Gasteiger partial charge is 0.337 e. The summed E-state index contributed by atoms with van der Waals surface area (Å²) in [5.74, 6) is -0.863. The van der Waals surface area contributed by atoms with Crippen LogP contribution in [0, 0.1) is 5.82 Å². The van der Waals surface area contributed by atoms with Gasteiger partial charge in [-0.3, -0.25) is 15.2 Å². The zero-order valence-corrected chi connectivity index (χ0v) is 16.2. The van der Waals surface area contributed by atoms with Crippen LogP contribution in [0.15, 0.2) is 48.9 Å². The highest BCUT2D eigenvalue weighted by molar-refractivity contribution is 6.30. The van der Waals surface area contributed by atoms with E-state index in [1.54, 1.807) is 0 Å². The molecule has 0 radical (unpaired) electrons. The SMILES string of the molecule is CNC(=O)c1cc(Oc2ccc(NC(=O)NNc3ncc(Cl)cn3)cc2F)ccn1. The fourth-order valence-electron chi connectivity index (χ4n) is 2.17. The fraction of sp³-hybridized carbons (Fsp3) is 0.0556. The van der Waals surface area contributed by atoms with Crippen molar-refractivity contribution in [3.05, 3.63) is 65.5 Å². The van der Waals surface area contributed by atoms with Crippen LogP contribution < -0.4 is 26.2 Å². The Morgan fingerprint density at radius 2 is 1.87 bits per heavy atom. The number of hydrogen-bond donors (Lipinski definition) is 4. The number of nitrogens with zero attached hydrogens (tertiary/aromatic N) is 3. The maximum absolute atomic E-state index is 14.4. The minimum Gasteiger partial charge on any atom is -0.454 e. The third-order valence-corrected chi connectivity index (χ3v) is 3.71. The van der Waals surface area contributed by atoms with Gasteiger partial charge in [-0.1, -0.05) is 11.6 Å². The minimum absolute atomic E-state index is 0.0947. The molecule has 12 heteroatoms. The maximum Gasteiger partial charge on any atom is 0.337 e. The third kappa shape index (κ3) is 5.52. The second-order valence-corrected chi connectivity index (χ2v) is 6.07. The van der Waals surface area contributed by atoms with Crippen molar-refractivity contribution < 1.29 is 18.7 Å². The van der Waals surface area contributed by atoms with Crippen LogP contribution in [0.3, 0.4) is 0 Å². The van der Waals surface area contributed by atoms with Gasteiger partial charge in [-0.15, -0.1) is 0 Å². The molecular formula is C18H15ClFN7O3. The number of rotatable bonds is 6. The van der Waals surface area contributed by atoms with Gasteiger partial charge in [0.05, 0.1) is 17.4 Å². The Morgan fingerprint density at radius 3 is 2.57 bits per heavy atom. The van der Waals surface area contributed by atoms with Crippen molar-refractivity contribution in [1.82, 2.24) is 25.7 Å². The lowest BCUT2D eigenvalue weighted by molar-refractivity contribution is 0.0958. The number of amides is 3. The molecule has 4 N–H and O–H groups in total. The zero-order chi connectivity index (χ0) is 21.5. The molecule has 0 spiro atoms. The van der Waals surface area contributed by atoms with E-state index in [-0.39, 0.29) is 28.8 Å². The first-order valence-electron chi connectivity index (χ1n) is 8.40. The molecule has 0 aliphatic carbocycles. The predicted octanol–water partition coefficient (Wildman–Crippen LogP) is 2.96. The van der Waals surface area contributed by atoms with Crippen molar-refractivity contribution in [3.63, 3.8) is 0 Å². The van der Waals surface area contributed by atoms with Gasteiger partial charge in [-0.2, -0.15) is 0 Å². The number of nitrogens with one attached hydrogen (secondary N) is 4. The van der Waals surface area contributed by atoms with Gasteiger partial charge in [0.15, 0.2) is 11.6 Å². The molecule has 0 unspecified atom stereocenters. The van der Waals surface area contributed by atoms with Gasteiger partial charge in [0.2, 0.25) is 5.95 Å². The zero-order valence-electron chi connectivity index (χ0n) is 15.4. The van der Waals surface area contributed by atoms with E-state index < -0.39 is 17.8 Å². The molecular weight excluding hydrogens is 417 g/mol. The lowest BCUT2D eigenvalue weighted by atomic mass is 10.3. The Morgan fingerprint density at radius 1 is 1.10 bits per heavy atom. The summed E-state index contributed by atoms with van der Waals surface area (Å²) < 4.78 is 19.8. The molecule has 3 amide bonds.